The fraction of sp³-hybridized carbons (Fsp3) is 0.278. The molecule has 0 saturated carbocycles. The van der Waals surface area contributed by atoms with E-state index in [1.54, 1.807) is 0 Å². The van der Waals surface area contributed by atoms with Gasteiger partial charge in [-0.25, -0.2) is 0 Å². The van der Waals surface area contributed by atoms with Crippen molar-refractivity contribution in [1.29, 1.82) is 0 Å². The quantitative estimate of drug-likeness (QED) is 0.754. The number of nitrogens with zero attached hydrogens (tertiary/aromatic N) is 1. The second kappa shape index (κ2) is 4.99. The highest BCUT2D eigenvalue weighted by Crippen LogP contribution is 2.45. The van der Waals surface area contributed by atoms with Crippen LogP contribution in [0.3, 0.4) is 0 Å². The summed E-state index contributed by atoms with van der Waals surface area (Å²) < 4.78 is 1.10. The highest BCUT2D eigenvalue weighted by Gasteiger charge is 2.42. The number of carbonyl (C=O) groups is 1. The maximum Gasteiger partial charge on any atom is 0.254 e. The molecule has 2 bridgehead atoms. The number of fused-ring (bicyclic) bond motifs is 4. The zero-order valence-electron chi connectivity index (χ0n) is 11.6. The SMILES string of the molecule is O=C(c1ccccc1)N1[C@@H]2CC[C@H]1c1cc(Br)ccc1C2. The molecular formula is C18H16BrNO. The fourth-order valence-electron chi connectivity index (χ4n) is 3.74. The lowest BCUT2D eigenvalue weighted by atomic mass is 9.92. The van der Waals surface area contributed by atoms with E-state index in [1.807, 2.05) is 30.3 Å². The molecule has 0 unspecified atom stereocenters. The van der Waals surface area contributed by atoms with Crippen LogP contribution in [0.2, 0.25) is 0 Å². The molecule has 0 aliphatic carbocycles. The Morgan fingerprint density at radius 2 is 1.90 bits per heavy atom. The first-order valence-electron chi connectivity index (χ1n) is 7.40. The average molecular weight is 342 g/mol. The Balaban J connectivity index is 1.74. The molecule has 0 radical (unpaired) electrons. The zero-order valence-corrected chi connectivity index (χ0v) is 13.2. The number of halogens is 1. The number of benzene rings is 2. The number of rotatable bonds is 1. The van der Waals surface area contributed by atoms with Crippen molar-refractivity contribution in [3.8, 4) is 0 Å². The number of hydrogen-bond donors (Lipinski definition) is 0. The van der Waals surface area contributed by atoms with Crippen LogP contribution in [0.5, 0.6) is 0 Å². The van der Waals surface area contributed by atoms with Crippen molar-refractivity contribution < 1.29 is 4.79 Å². The van der Waals surface area contributed by atoms with Gasteiger partial charge >= 0.3 is 0 Å². The summed E-state index contributed by atoms with van der Waals surface area (Å²) in [5.74, 6) is 0.175. The van der Waals surface area contributed by atoms with E-state index >= 15 is 0 Å². The highest BCUT2D eigenvalue weighted by molar-refractivity contribution is 9.10. The van der Waals surface area contributed by atoms with E-state index in [2.05, 4.69) is 39.0 Å². The number of hydrogen-bond acceptors (Lipinski definition) is 1. The Morgan fingerprint density at radius 3 is 2.71 bits per heavy atom. The van der Waals surface area contributed by atoms with Crippen LogP contribution >= 0.6 is 15.9 Å². The summed E-state index contributed by atoms with van der Waals surface area (Å²) in [6.07, 6.45) is 3.17. The van der Waals surface area contributed by atoms with Crippen molar-refractivity contribution in [3.05, 3.63) is 69.7 Å². The van der Waals surface area contributed by atoms with Crippen LogP contribution in [0.1, 0.15) is 40.4 Å². The molecule has 0 spiro atoms. The summed E-state index contributed by atoms with van der Waals surface area (Å²) in [5, 5.41) is 0. The third-order valence-corrected chi connectivity index (χ3v) is 5.17. The molecule has 0 N–H and O–H groups in total. The van der Waals surface area contributed by atoms with Crippen LogP contribution in [0.25, 0.3) is 0 Å². The molecule has 2 nitrogen and oxygen atoms in total. The summed E-state index contributed by atoms with van der Waals surface area (Å²) in [7, 11) is 0. The molecule has 1 saturated heterocycles. The van der Waals surface area contributed by atoms with Crippen LogP contribution in [0, 0.1) is 0 Å². The fourth-order valence-corrected chi connectivity index (χ4v) is 4.12. The maximum atomic E-state index is 12.9. The lowest BCUT2D eigenvalue weighted by Crippen LogP contribution is -2.41. The van der Waals surface area contributed by atoms with Crippen LogP contribution in [0.15, 0.2) is 53.0 Å². The van der Waals surface area contributed by atoms with Crippen molar-refractivity contribution in [3.63, 3.8) is 0 Å². The van der Waals surface area contributed by atoms with E-state index in [0.29, 0.717) is 6.04 Å². The Labute approximate surface area is 132 Å². The van der Waals surface area contributed by atoms with Crippen LogP contribution in [-0.4, -0.2) is 16.8 Å². The zero-order chi connectivity index (χ0) is 14.4. The molecule has 2 heterocycles. The van der Waals surface area contributed by atoms with Crippen molar-refractivity contribution in [2.75, 3.05) is 0 Å². The molecule has 4 rings (SSSR count). The summed E-state index contributed by atoms with van der Waals surface area (Å²) in [6, 6.07) is 16.7. The summed E-state index contributed by atoms with van der Waals surface area (Å²) in [4.78, 5) is 15.0. The van der Waals surface area contributed by atoms with E-state index < -0.39 is 0 Å². The molecule has 2 aromatic carbocycles. The smallest absolute Gasteiger partial charge is 0.254 e. The molecular weight excluding hydrogens is 326 g/mol. The highest BCUT2D eigenvalue weighted by atomic mass is 79.9. The Morgan fingerprint density at radius 1 is 1.10 bits per heavy atom. The minimum Gasteiger partial charge on any atom is -0.328 e. The number of carbonyl (C=O) groups excluding carboxylic acids is 1. The second-order valence-corrected chi connectivity index (χ2v) is 6.79. The van der Waals surface area contributed by atoms with E-state index in [-0.39, 0.29) is 11.9 Å². The van der Waals surface area contributed by atoms with Crippen molar-refractivity contribution in [2.45, 2.75) is 31.3 Å². The summed E-state index contributed by atoms with van der Waals surface area (Å²) >= 11 is 3.56. The molecule has 0 aromatic heterocycles. The molecule has 3 heteroatoms. The van der Waals surface area contributed by atoms with Crippen LogP contribution in [0.4, 0.5) is 0 Å². The van der Waals surface area contributed by atoms with Gasteiger partial charge in [-0.3, -0.25) is 4.79 Å². The van der Waals surface area contributed by atoms with Gasteiger partial charge in [0.1, 0.15) is 0 Å². The molecule has 2 aliphatic heterocycles. The van der Waals surface area contributed by atoms with Gasteiger partial charge in [-0.05, 0) is 54.7 Å². The number of amides is 1. The van der Waals surface area contributed by atoms with E-state index in [4.69, 9.17) is 0 Å². The normalized spacial score (nSPS) is 23.0. The van der Waals surface area contributed by atoms with Gasteiger partial charge < -0.3 is 4.90 Å². The third-order valence-electron chi connectivity index (χ3n) is 4.68. The van der Waals surface area contributed by atoms with E-state index in [1.165, 1.54) is 11.1 Å². The summed E-state index contributed by atoms with van der Waals surface area (Å²) in [5.41, 5.74) is 3.53. The van der Waals surface area contributed by atoms with Gasteiger partial charge in [-0.15, -0.1) is 0 Å². The molecule has 2 atom stereocenters. The Hall–Kier alpha value is -1.61. The second-order valence-electron chi connectivity index (χ2n) is 5.87. The van der Waals surface area contributed by atoms with Crippen molar-refractivity contribution in [2.24, 2.45) is 0 Å². The van der Waals surface area contributed by atoms with Gasteiger partial charge in [0.05, 0.1) is 6.04 Å². The molecule has 106 valence electrons. The van der Waals surface area contributed by atoms with Gasteiger partial charge in [-0.2, -0.15) is 0 Å². The predicted octanol–water partition coefficient (Wildman–Crippen LogP) is 4.35. The average Bonchev–Trinajstić information content (AvgIpc) is 2.84. The van der Waals surface area contributed by atoms with Gasteiger partial charge in [0.2, 0.25) is 0 Å². The largest absolute Gasteiger partial charge is 0.328 e. The Kier molecular flexibility index (Phi) is 3.11. The Bertz CT molecular complexity index is 698. The van der Waals surface area contributed by atoms with E-state index in [0.717, 1.165) is 29.3 Å². The predicted molar refractivity (Wildman–Crippen MR) is 86.2 cm³/mol. The third kappa shape index (κ3) is 2.11. The van der Waals surface area contributed by atoms with Gasteiger partial charge in [-0.1, -0.05) is 40.2 Å². The topological polar surface area (TPSA) is 20.3 Å². The first kappa shape index (κ1) is 13.1. The first-order valence-corrected chi connectivity index (χ1v) is 8.19. The maximum absolute atomic E-state index is 12.9. The molecule has 1 amide bonds. The molecule has 2 aliphatic rings. The monoisotopic (exact) mass is 341 g/mol. The van der Waals surface area contributed by atoms with Crippen molar-refractivity contribution >= 4 is 21.8 Å². The minimum absolute atomic E-state index is 0.175. The van der Waals surface area contributed by atoms with Gasteiger partial charge in [0.15, 0.2) is 0 Å². The lowest BCUT2D eigenvalue weighted by Gasteiger charge is -2.36. The van der Waals surface area contributed by atoms with Gasteiger partial charge in [0, 0.05) is 16.1 Å². The first-order chi connectivity index (χ1) is 10.2. The van der Waals surface area contributed by atoms with Crippen LogP contribution in [-0.2, 0) is 6.42 Å². The molecule has 21 heavy (non-hydrogen) atoms. The standard InChI is InChI=1S/C18H16BrNO/c19-14-7-6-13-10-15-8-9-17(16(13)11-14)20(15)18(21)12-4-2-1-3-5-12/h1-7,11,15,17H,8-10H2/t15-,17+/m1/s1. The van der Waals surface area contributed by atoms with Crippen molar-refractivity contribution in [1.82, 2.24) is 4.90 Å². The minimum atomic E-state index is 0.175. The molecule has 2 aromatic rings. The van der Waals surface area contributed by atoms with Gasteiger partial charge in [0.25, 0.3) is 5.91 Å². The molecule has 1 fully saturated rings. The van der Waals surface area contributed by atoms with Crippen LogP contribution < -0.4 is 0 Å². The lowest BCUT2D eigenvalue weighted by molar-refractivity contribution is 0.0646. The summed E-state index contributed by atoms with van der Waals surface area (Å²) in [6.45, 7) is 0. The van der Waals surface area contributed by atoms with E-state index in [9.17, 15) is 4.79 Å².